The molecule has 0 atom stereocenters. The Labute approximate surface area is 111 Å². The van der Waals surface area contributed by atoms with E-state index in [9.17, 15) is 4.79 Å². The van der Waals surface area contributed by atoms with Crippen LogP contribution >= 0.6 is 0 Å². The number of carbonyl (C=O) groups is 1. The number of rotatable bonds is 6. The number of carbonyl (C=O) groups excluding carboxylic acids is 1. The number of amides is 1. The Hall–Kier alpha value is -2.01. The highest BCUT2D eigenvalue weighted by Gasteiger charge is 2.11. The van der Waals surface area contributed by atoms with Crippen molar-refractivity contribution in [3.05, 3.63) is 30.0 Å². The number of hydrogen-bond donors (Lipinski definition) is 4. The van der Waals surface area contributed by atoms with Crippen molar-refractivity contribution in [2.24, 2.45) is 0 Å². The van der Waals surface area contributed by atoms with Crippen molar-refractivity contribution in [3.63, 3.8) is 0 Å². The fourth-order valence-electron chi connectivity index (χ4n) is 2.04. The SMILES string of the molecule is Nc1ccc2[nH]cc(C(=O)NCCCCCO)c2c1. The zero-order valence-corrected chi connectivity index (χ0v) is 10.8. The van der Waals surface area contributed by atoms with Gasteiger partial charge in [-0.05, 0) is 37.5 Å². The quantitative estimate of drug-likeness (QED) is 0.470. The number of aliphatic hydroxyl groups excluding tert-OH is 1. The van der Waals surface area contributed by atoms with Gasteiger partial charge in [-0.15, -0.1) is 0 Å². The number of anilines is 1. The predicted molar refractivity (Wildman–Crippen MR) is 76.0 cm³/mol. The second-order valence-corrected chi connectivity index (χ2v) is 4.55. The summed E-state index contributed by atoms with van der Waals surface area (Å²) in [4.78, 5) is 15.1. The first-order valence-electron chi connectivity index (χ1n) is 6.48. The molecule has 102 valence electrons. The van der Waals surface area contributed by atoms with Crippen LogP contribution in [0.2, 0.25) is 0 Å². The van der Waals surface area contributed by atoms with Gasteiger partial charge in [0, 0.05) is 35.9 Å². The van der Waals surface area contributed by atoms with Crippen LogP contribution in [0.5, 0.6) is 0 Å². The van der Waals surface area contributed by atoms with Crippen molar-refractivity contribution < 1.29 is 9.90 Å². The van der Waals surface area contributed by atoms with Gasteiger partial charge in [0.25, 0.3) is 5.91 Å². The Morgan fingerprint density at radius 2 is 2.16 bits per heavy atom. The molecule has 1 aromatic carbocycles. The highest BCUT2D eigenvalue weighted by Crippen LogP contribution is 2.20. The Bertz CT molecular complexity index is 563. The second-order valence-electron chi connectivity index (χ2n) is 4.55. The van der Waals surface area contributed by atoms with E-state index in [4.69, 9.17) is 10.8 Å². The number of aromatic amines is 1. The summed E-state index contributed by atoms with van der Waals surface area (Å²) in [6.45, 7) is 0.823. The number of unbranched alkanes of at least 4 members (excludes halogenated alkanes) is 2. The van der Waals surface area contributed by atoms with E-state index in [1.165, 1.54) is 0 Å². The number of hydrogen-bond acceptors (Lipinski definition) is 3. The van der Waals surface area contributed by atoms with E-state index in [2.05, 4.69) is 10.3 Å². The van der Waals surface area contributed by atoms with Crippen molar-refractivity contribution in [2.75, 3.05) is 18.9 Å². The Balaban J connectivity index is 1.99. The maximum absolute atomic E-state index is 12.0. The highest BCUT2D eigenvalue weighted by atomic mass is 16.2. The number of aromatic nitrogens is 1. The fraction of sp³-hybridized carbons (Fsp3) is 0.357. The minimum Gasteiger partial charge on any atom is -0.399 e. The molecule has 19 heavy (non-hydrogen) atoms. The molecule has 0 bridgehead atoms. The number of fused-ring (bicyclic) bond motifs is 1. The third-order valence-corrected chi connectivity index (χ3v) is 3.07. The average Bonchev–Trinajstić information content (AvgIpc) is 2.81. The van der Waals surface area contributed by atoms with Crippen LogP contribution in [-0.2, 0) is 0 Å². The van der Waals surface area contributed by atoms with Gasteiger partial charge in [-0.25, -0.2) is 0 Å². The molecule has 1 heterocycles. The predicted octanol–water partition coefficient (Wildman–Crippen LogP) is 1.64. The van der Waals surface area contributed by atoms with Crippen LogP contribution < -0.4 is 11.1 Å². The zero-order valence-electron chi connectivity index (χ0n) is 10.8. The molecule has 0 aliphatic rings. The van der Waals surface area contributed by atoms with Gasteiger partial charge in [-0.1, -0.05) is 0 Å². The Morgan fingerprint density at radius 1 is 1.32 bits per heavy atom. The highest BCUT2D eigenvalue weighted by molar-refractivity contribution is 6.07. The lowest BCUT2D eigenvalue weighted by Gasteiger charge is -2.04. The van der Waals surface area contributed by atoms with Gasteiger partial charge in [0.05, 0.1) is 5.56 Å². The summed E-state index contributed by atoms with van der Waals surface area (Å²) in [6, 6.07) is 5.46. The average molecular weight is 261 g/mol. The van der Waals surface area contributed by atoms with Crippen LogP contribution in [0.3, 0.4) is 0 Å². The van der Waals surface area contributed by atoms with Gasteiger partial charge < -0.3 is 21.1 Å². The molecule has 0 spiro atoms. The first-order valence-corrected chi connectivity index (χ1v) is 6.48. The molecule has 5 nitrogen and oxygen atoms in total. The van der Waals surface area contributed by atoms with E-state index in [-0.39, 0.29) is 12.5 Å². The van der Waals surface area contributed by atoms with Crippen LogP contribution in [0.1, 0.15) is 29.6 Å². The van der Waals surface area contributed by atoms with Crippen LogP contribution in [0, 0.1) is 0 Å². The molecule has 5 heteroatoms. The number of nitrogen functional groups attached to an aromatic ring is 1. The van der Waals surface area contributed by atoms with Gasteiger partial charge in [-0.3, -0.25) is 4.79 Å². The molecule has 1 amide bonds. The number of aliphatic hydroxyl groups is 1. The van der Waals surface area contributed by atoms with Crippen LogP contribution in [0.15, 0.2) is 24.4 Å². The topological polar surface area (TPSA) is 91.1 Å². The molecule has 0 fully saturated rings. The number of benzene rings is 1. The molecular formula is C14H19N3O2. The molecular weight excluding hydrogens is 242 g/mol. The first kappa shape index (κ1) is 13.4. The molecule has 0 aliphatic heterocycles. The van der Waals surface area contributed by atoms with Gasteiger partial charge in [0.1, 0.15) is 0 Å². The first-order chi connectivity index (χ1) is 9.22. The summed E-state index contributed by atoms with van der Waals surface area (Å²) in [7, 11) is 0. The zero-order chi connectivity index (χ0) is 13.7. The van der Waals surface area contributed by atoms with Gasteiger partial charge in [0.15, 0.2) is 0 Å². The minimum absolute atomic E-state index is 0.0964. The Kier molecular flexibility index (Phi) is 4.41. The number of nitrogens with two attached hydrogens (primary N) is 1. The number of H-pyrrole nitrogens is 1. The Morgan fingerprint density at radius 3 is 2.95 bits per heavy atom. The maximum atomic E-state index is 12.0. The van der Waals surface area contributed by atoms with Crippen molar-refractivity contribution in [1.29, 1.82) is 0 Å². The van der Waals surface area contributed by atoms with E-state index < -0.39 is 0 Å². The maximum Gasteiger partial charge on any atom is 0.253 e. The smallest absolute Gasteiger partial charge is 0.253 e. The third kappa shape index (κ3) is 3.26. The standard InChI is InChI=1S/C14H19N3O2/c15-10-4-5-13-11(8-10)12(9-17-13)14(19)16-6-2-1-3-7-18/h4-5,8-9,17-18H,1-3,6-7,15H2,(H,16,19). The molecule has 0 saturated carbocycles. The minimum atomic E-state index is -0.0964. The van der Waals surface area contributed by atoms with Gasteiger partial charge in [0.2, 0.25) is 0 Å². The summed E-state index contributed by atoms with van der Waals surface area (Å²) in [5.74, 6) is -0.0964. The fourth-order valence-corrected chi connectivity index (χ4v) is 2.04. The van der Waals surface area contributed by atoms with Crippen LogP contribution in [0.25, 0.3) is 10.9 Å². The molecule has 1 aromatic heterocycles. The summed E-state index contributed by atoms with van der Waals surface area (Å²) in [6.07, 6.45) is 4.26. The lowest BCUT2D eigenvalue weighted by atomic mass is 10.1. The molecule has 5 N–H and O–H groups in total. The molecule has 0 aliphatic carbocycles. The third-order valence-electron chi connectivity index (χ3n) is 3.07. The van der Waals surface area contributed by atoms with Gasteiger partial charge in [-0.2, -0.15) is 0 Å². The summed E-state index contributed by atoms with van der Waals surface area (Å²) < 4.78 is 0. The largest absolute Gasteiger partial charge is 0.399 e. The molecule has 2 aromatic rings. The molecule has 2 rings (SSSR count). The van der Waals surface area contributed by atoms with Crippen molar-refractivity contribution in [1.82, 2.24) is 10.3 Å². The van der Waals surface area contributed by atoms with E-state index in [0.717, 1.165) is 30.2 Å². The summed E-state index contributed by atoms with van der Waals surface area (Å²) in [5.41, 5.74) is 7.90. The van der Waals surface area contributed by atoms with E-state index in [1.807, 2.05) is 6.07 Å². The second kappa shape index (κ2) is 6.24. The van der Waals surface area contributed by atoms with Crippen molar-refractivity contribution >= 4 is 22.5 Å². The monoisotopic (exact) mass is 261 g/mol. The van der Waals surface area contributed by atoms with E-state index in [0.29, 0.717) is 17.8 Å². The van der Waals surface area contributed by atoms with E-state index in [1.54, 1.807) is 18.3 Å². The summed E-state index contributed by atoms with van der Waals surface area (Å²) in [5, 5.41) is 12.4. The van der Waals surface area contributed by atoms with Gasteiger partial charge >= 0.3 is 0 Å². The molecule has 0 saturated heterocycles. The molecule has 0 radical (unpaired) electrons. The van der Waals surface area contributed by atoms with Crippen LogP contribution in [0.4, 0.5) is 5.69 Å². The normalized spacial score (nSPS) is 10.8. The molecule has 0 unspecified atom stereocenters. The lowest BCUT2D eigenvalue weighted by molar-refractivity contribution is 0.0954. The summed E-state index contributed by atoms with van der Waals surface area (Å²) >= 11 is 0. The number of nitrogens with one attached hydrogen (secondary N) is 2. The van der Waals surface area contributed by atoms with Crippen molar-refractivity contribution in [3.8, 4) is 0 Å². The van der Waals surface area contributed by atoms with Crippen LogP contribution in [-0.4, -0.2) is 29.1 Å². The van der Waals surface area contributed by atoms with Crippen molar-refractivity contribution in [2.45, 2.75) is 19.3 Å². The lowest BCUT2D eigenvalue weighted by Crippen LogP contribution is -2.24. The van der Waals surface area contributed by atoms with E-state index >= 15 is 0 Å².